The highest BCUT2D eigenvalue weighted by Gasteiger charge is 2.49. The number of pyridine rings is 2. The van der Waals surface area contributed by atoms with Gasteiger partial charge in [-0.3, -0.25) is 4.90 Å². The van der Waals surface area contributed by atoms with Crippen LogP contribution in [0.2, 0.25) is 0 Å². The molecule has 0 radical (unpaired) electrons. The first-order chi connectivity index (χ1) is 21.8. The topological polar surface area (TPSA) is 71.0 Å². The summed E-state index contributed by atoms with van der Waals surface area (Å²) in [5.41, 5.74) is 1.06. The molecule has 0 aliphatic carbocycles. The summed E-state index contributed by atoms with van der Waals surface area (Å²) in [6.07, 6.45) is 5.83. The molecule has 1 N–H and O–H groups in total. The van der Waals surface area contributed by atoms with E-state index in [1.165, 1.54) is 12.1 Å². The first-order valence-corrected chi connectivity index (χ1v) is 16.3. The van der Waals surface area contributed by atoms with Gasteiger partial charge in [0, 0.05) is 31.1 Å². The lowest BCUT2D eigenvalue weighted by Crippen LogP contribution is -2.43. The highest BCUT2D eigenvalue weighted by Crippen LogP contribution is 2.46. The molecule has 1 unspecified atom stereocenters. The van der Waals surface area contributed by atoms with Crippen LogP contribution in [0.25, 0.3) is 32.9 Å². The summed E-state index contributed by atoms with van der Waals surface area (Å²) in [5, 5.41) is 12.2. The van der Waals surface area contributed by atoms with Crippen LogP contribution in [0.4, 0.5) is 18.9 Å². The van der Waals surface area contributed by atoms with Crippen molar-refractivity contribution in [3.05, 3.63) is 47.5 Å². The van der Waals surface area contributed by atoms with E-state index in [1.54, 1.807) is 12.1 Å². The summed E-state index contributed by atoms with van der Waals surface area (Å²) in [5.74, 6) is -0.651. The van der Waals surface area contributed by atoms with E-state index in [0.717, 1.165) is 57.3 Å². The van der Waals surface area contributed by atoms with Crippen molar-refractivity contribution in [1.82, 2.24) is 14.9 Å². The number of nitrogens with zero attached hydrogens (tertiary/aromatic N) is 4. The number of hydrogen-bond acceptors (Lipinski definition) is 7. The third-order valence-corrected chi connectivity index (χ3v) is 10.4. The molecular formula is C35H37F3N4O3. The number of hydrogen-bond donors (Lipinski definition) is 1. The fraction of sp³-hybridized carbons (Fsp3) is 0.486. The molecule has 0 spiro atoms. The van der Waals surface area contributed by atoms with Crippen LogP contribution in [0.15, 0.2) is 30.3 Å². The molecule has 4 aromatic rings. The Kier molecular flexibility index (Phi) is 6.96. The van der Waals surface area contributed by atoms with Gasteiger partial charge in [-0.2, -0.15) is 0 Å². The SMILES string of the molecule is CCc1c(F)ccc2cc(O)cc(-c3nc4c5c(cc(OC[C@@]67CCCN6C[C@H](F)C7)nc5c3F)N3CCCCCC3CO4)c12. The number of ether oxygens (including phenoxy) is 2. The van der Waals surface area contributed by atoms with Gasteiger partial charge in [-0.1, -0.05) is 25.8 Å². The number of rotatable bonds is 5. The molecule has 7 nitrogen and oxygen atoms in total. The Morgan fingerprint density at radius 1 is 1.07 bits per heavy atom. The molecular weight excluding hydrogens is 581 g/mol. The maximum absolute atomic E-state index is 17.0. The van der Waals surface area contributed by atoms with Gasteiger partial charge in [0.1, 0.15) is 42.2 Å². The number of aryl methyl sites for hydroxylation is 1. The average molecular weight is 619 g/mol. The Morgan fingerprint density at radius 3 is 2.82 bits per heavy atom. The number of phenolic OH excluding ortho intramolecular Hbond substituents is 1. The van der Waals surface area contributed by atoms with Crippen LogP contribution in [0.1, 0.15) is 57.4 Å². The predicted octanol–water partition coefficient (Wildman–Crippen LogP) is 7.09. The first-order valence-electron chi connectivity index (χ1n) is 16.3. The molecule has 0 amide bonds. The number of fused-ring (bicyclic) bond motifs is 4. The highest BCUT2D eigenvalue weighted by atomic mass is 19.1. The normalized spacial score (nSPS) is 24.8. The molecule has 45 heavy (non-hydrogen) atoms. The Bertz CT molecular complexity index is 1820. The van der Waals surface area contributed by atoms with Crippen molar-refractivity contribution in [2.24, 2.45) is 0 Å². The molecule has 8 rings (SSSR count). The summed E-state index contributed by atoms with van der Waals surface area (Å²) < 4.78 is 59.3. The van der Waals surface area contributed by atoms with Crippen molar-refractivity contribution < 1.29 is 27.8 Å². The minimum Gasteiger partial charge on any atom is -0.508 e. The zero-order valence-corrected chi connectivity index (χ0v) is 25.4. The first kappa shape index (κ1) is 28.7. The Morgan fingerprint density at radius 2 is 1.96 bits per heavy atom. The van der Waals surface area contributed by atoms with E-state index in [9.17, 15) is 9.50 Å². The summed E-state index contributed by atoms with van der Waals surface area (Å²) in [7, 11) is 0. The Labute approximate surface area is 260 Å². The molecule has 0 bridgehead atoms. The molecule has 6 heterocycles. The molecule has 2 aromatic heterocycles. The average Bonchev–Trinajstić information content (AvgIpc) is 3.38. The number of anilines is 1. The molecule has 10 heteroatoms. The summed E-state index contributed by atoms with van der Waals surface area (Å²) in [6, 6.07) is 7.85. The zero-order chi connectivity index (χ0) is 30.9. The van der Waals surface area contributed by atoms with Gasteiger partial charge in [-0.15, -0.1) is 0 Å². The standard InChI is InChI=1S/C35H37F3N4O3/c1-2-24-26(37)9-8-20-13-23(43)14-25(29(20)24)32-31(38)33-30-27(42-12-5-3-4-7-22(42)18-44-34(30)40-32)15-28(39-33)45-19-35-10-6-11-41(35)17-21(36)16-35/h8-9,13-15,21-22,43H,2-7,10-12,16-19H2,1H3/t21-,22?,35+/m1/s1. The third kappa shape index (κ3) is 4.66. The van der Waals surface area contributed by atoms with E-state index < -0.39 is 17.8 Å². The van der Waals surface area contributed by atoms with Crippen LogP contribution in [-0.4, -0.2) is 70.6 Å². The van der Waals surface area contributed by atoms with Crippen molar-refractivity contribution in [2.75, 3.05) is 37.7 Å². The highest BCUT2D eigenvalue weighted by molar-refractivity contribution is 6.04. The minimum absolute atomic E-state index is 0.0499. The Hall–Kier alpha value is -3.79. The van der Waals surface area contributed by atoms with Crippen molar-refractivity contribution in [3.8, 4) is 28.8 Å². The van der Waals surface area contributed by atoms with Crippen molar-refractivity contribution in [2.45, 2.75) is 76.0 Å². The van der Waals surface area contributed by atoms with Gasteiger partial charge in [-0.05, 0) is 73.2 Å². The lowest BCUT2D eigenvalue weighted by atomic mass is 9.94. The maximum Gasteiger partial charge on any atom is 0.225 e. The molecule has 3 atom stereocenters. The van der Waals surface area contributed by atoms with Crippen molar-refractivity contribution in [1.29, 1.82) is 0 Å². The van der Waals surface area contributed by atoms with E-state index in [1.807, 2.05) is 13.0 Å². The van der Waals surface area contributed by atoms with Crippen LogP contribution in [0.3, 0.4) is 0 Å². The maximum atomic E-state index is 17.0. The van der Waals surface area contributed by atoms with Gasteiger partial charge in [0.2, 0.25) is 11.8 Å². The van der Waals surface area contributed by atoms with Crippen LogP contribution >= 0.6 is 0 Å². The second kappa shape index (κ2) is 10.9. The van der Waals surface area contributed by atoms with Crippen molar-refractivity contribution in [3.63, 3.8) is 0 Å². The lowest BCUT2D eigenvalue weighted by molar-refractivity contribution is 0.111. The number of alkyl halides is 1. The number of aromatic hydroxyl groups is 1. The van der Waals surface area contributed by atoms with Crippen LogP contribution < -0.4 is 14.4 Å². The van der Waals surface area contributed by atoms with Crippen molar-refractivity contribution >= 4 is 27.4 Å². The van der Waals surface area contributed by atoms with Crippen LogP contribution in [0.5, 0.6) is 17.5 Å². The molecule has 0 saturated carbocycles. The van der Waals surface area contributed by atoms with Gasteiger partial charge in [0.25, 0.3) is 0 Å². The molecule has 2 aromatic carbocycles. The second-order valence-electron chi connectivity index (χ2n) is 13.1. The van der Waals surface area contributed by atoms with E-state index in [2.05, 4.69) is 9.80 Å². The van der Waals surface area contributed by atoms with Gasteiger partial charge in [-0.25, -0.2) is 23.1 Å². The molecule has 236 valence electrons. The Balaban J connectivity index is 1.33. The number of aromatic nitrogens is 2. The van der Waals surface area contributed by atoms with E-state index >= 15 is 8.78 Å². The fourth-order valence-electron chi connectivity index (χ4n) is 8.31. The smallest absolute Gasteiger partial charge is 0.225 e. The number of halogens is 3. The van der Waals surface area contributed by atoms with Crippen LogP contribution in [-0.2, 0) is 6.42 Å². The number of phenols is 1. The van der Waals surface area contributed by atoms with E-state index in [-0.39, 0.29) is 52.5 Å². The molecule has 4 aliphatic heterocycles. The molecule has 4 aliphatic rings. The molecule has 3 fully saturated rings. The summed E-state index contributed by atoms with van der Waals surface area (Å²) in [4.78, 5) is 13.9. The lowest BCUT2D eigenvalue weighted by Gasteiger charge is -2.32. The van der Waals surface area contributed by atoms with E-state index in [0.29, 0.717) is 47.7 Å². The number of benzene rings is 2. The summed E-state index contributed by atoms with van der Waals surface area (Å²) >= 11 is 0. The van der Waals surface area contributed by atoms with E-state index in [4.69, 9.17) is 19.4 Å². The monoisotopic (exact) mass is 618 g/mol. The second-order valence-corrected chi connectivity index (χ2v) is 13.1. The summed E-state index contributed by atoms with van der Waals surface area (Å²) in [6.45, 7) is 4.53. The minimum atomic E-state index is -0.887. The van der Waals surface area contributed by atoms with Gasteiger partial charge in [0.15, 0.2) is 5.82 Å². The molecule has 3 saturated heterocycles. The van der Waals surface area contributed by atoms with Gasteiger partial charge in [0.05, 0.1) is 22.7 Å². The largest absolute Gasteiger partial charge is 0.508 e. The fourth-order valence-corrected chi connectivity index (χ4v) is 8.31. The quantitative estimate of drug-likeness (QED) is 0.256. The third-order valence-electron chi connectivity index (χ3n) is 10.4. The zero-order valence-electron chi connectivity index (χ0n) is 25.4. The predicted molar refractivity (Wildman–Crippen MR) is 167 cm³/mol. The van der Waals surface area contributed by atoms with Crippen LogP contribution in [0, 0.1) is 11.6 Å². The van der Waals surface area contributed by atoms with Gasteiger partial charge >= 0.3 is 0 Å². The van der Waals surface area contributed by atoms with Gasteiger partial charge < -0.3 is 19.5 Å².